The molecular formula is C25H25N3O3S2. The van der Waals surface area contributed by atoms with E-state index in [-0.39, 0.29) is 11.4 Å². The number of fused-ring (bicyclic) bond motifs is 1. The quantitative estimate of drug-likeness (QED) is 0.425. The zero-order valence-corrected chi connectivity index (χ0v) is 20.6. The monoisotopic (exact) mass is 479 g/mol. The Labute approximate surface area is 197 Å². The van der Waals surface area contributed by atoms with E-state index in [1.807, 2.05) is 41.9 Å². The maximum atomic E-state index is 12.9. The highest BCUT2D eigenvalue weighted by Gasteiger charge is 2.21. The molecule has 0 radical (unpaired) electrons. The molecule has 3 aromatic carbocycles. The molecule has 8 heteroatoms. The van der Waals surface area contributed by atoms with Gasteiger partial charge in [-0.25, -0.2) is 8.42 Å². The van der Waals surface area contributed by atoms with Crippen molar-refractivity contribution in [1.82, 2.24) is 8.87 Å². The molecule has 0 aliphatic rings. The number of hydrogen-bond acceptors (Lipinski definition) is 4. The number of carbonyl (C=O) groups excluding carboxylic acids is 1. The van der Waals surface area contributed by atoms with Crippen molar-refractivity contribution in [2.75, 3.05) is 7.05 Å². The van der Waals surface area contributed by atoms with E-state index in [0.717, 1.165) is 15.8 Å². The van der Waals surface area contributed by atoms with Gasteiger partial charge in [-0.2, -0.15) is 9.30 Å². The Kier molecular flexibility index (Phi) is 6.34. The minimum Gasteiger partial charge on any atom is -0.319 e. The molecule has 170 valence electrons. The van der Waals surface area contributed by atoms with E-state index in [2.05, 4.69) is 31.0 Å². The van der Waals surface area contributed by atoms with Crippen molar-refractivity contribution in [1.29, 1.82) is 0 Å². The summed E-state index contributed by atoms with van der Waals surface area (Å²) in [6.07, 6.45) is 0. The summed E-state index contributed by atoms with van der Waals surface area (Å²) in [7, 11) is -0.251. The predicted octanol–water partition coefficient (Wildman–Crippen LogP) is 4.42. The third-order valence-electron chi connectivity index (χ3n) is 5.68. The second kappa shape index (κ2) is 9.05. The maximum absolute atomic E-state index is 12.9. The largest absolute Gasteiger partial charge is 0.319 e. The second-order valence-electron chi connectivity index (χ2n) is 8.04. The number of nitrogens with zero attached hydrogens (tertiary/aromatic N) is 3. The molecule has 1 heterocycles. The first kappa shape index (κ1) is 23.1. The highest BCUT2D eigenvalue weighted by atomic mass is 32.2. The van der Waals surface area contributed by atoms with Crippen molar-refractivity contribution in [2.24, 2.45) is 12.0 Å². The number of aromatic nitrogens is 1. The van der Waals surface area contributed by atoms with Crippen LogP contribution in [0.1, 0.15) is 27.0 Å². The molecule has 0 bridgehead atoms. The fourth-order valence-electron chi connectivity index (χ4n) is 3.51. The lowest BCUT2D eigenvalue weighted by Gasteiger charge is -2.17. The topological polar surface area (TPSA) is 71.7 Å². The van der Waals surface area contributed by atoms with Crippen LogP contribution in [0.3, 0.4) is 0 Å². The average molecular weight is 480 g/mol. The fourth-order valence-corrected chi connectivity index (χ4v) is 5.77. The van der Waals surface area contributed by atoms with Gasteiger partial charge >= 0.3 is 0 Å². The van der Waals surface area contributed by atoms with Gasteiger partial charge in [0.15, 0.2) is 4.80 Å². The Morgan fingerprint density at radius 1 is 1.00 bits per heavy atom. The number of amides is 1. The van der Waals surface area contributed by atoms with Gasteiger partial charge in [0, 0.05) is 26.2 Å². The van der Waals surface area contributed by atoms with Gasteiger partial charge < -0.3 is 4.57 Å². The summed E-state index contributed by atoms with van der Waals surface area (Å²) >= 11 is 1.45. The summed E-state index contributed by atoms with van der Waals surface area (Å²) in [5, 5.41) is 0. The maximum Gasteiger partial charge on any atom is 0.279 e. The number of aryl methyl sites for hydroxylation is 3. The molecule has 6 nitrogen and oxygen atoms in total. The van der Waals surface area contributed by atoms with Crippen LogP contribution in [0.15, 0.2) is 76.6 Å². The molecule has 1 aromatic heterocycles. The molecule has 33 heavy (non-hydrogen) atoms. The summed E-state index contributed by atoms with van der Waals surface area (Å²) in [6.45, 7) is 4.38. The third kappa shape index (κ3) is 4.68. The number of thiazole rings is 1. The van der Waals surface area contributed by atoms with Crippen molar-refractivity contribution in [3.8, 4) is 0 Å². The Morgan fingerprint density at radius 3 is 2.30 bits per heavy atom. The Bertz CT molecular complexity index is 1500. The molecular weight excluding hydrogens is 454 g/mol. The normalized spacial score (nSPS) is 12.6. The van der Waals surface area contributed by atoms with E-state index in [4.69, 9.17) is 0 Å². The smallest absolute Gasteiger partial charge is 0.279 e. The van der Waals surface area contributed by atoms with Gasteiger partial charge in [-0.3, -0.25) is 4.79 Å². The molecule has 0 aliphatic heterocycles. The van der Waals surface area contributed by atoms with Gasteiger partial charge in [0.05, 0.1) is 15.1 Å². The van der Waals surface area contributed by atoms with Crippen molar-refractivity contribution in [3.05, 3.63) is 93.8 Å². The molecule has 0 spiro atoms. The van der Waals surface area contributed by atoms with Crippen molar-refractivity contribution in [3.63, 3.8) is 0 Å². The van der Waals surface area contributed by atoms with E-state index < -0.39 is 15.9 Å². The first-order chi connectivity index (χ1) is 15.7. The van der Waals surface area contributed by atoms with Gasteiger partial charge in [0.25, 0.3) is 5.91 Å². The van der Waals surface area contributed by atoms with E-state index >= 15 is 0 Å². The van der Waals surface area contributed by atoms with Crippen LogP contribution in [0, 0.1) is 13.8 Å². The minimum absolute atomic E-state index is 0.135. The molecule has 4 rings (SSSR count). The van der Waals surface area contributed by atoms with Crippen LogP contribution < -0.4 is 4.80 Å². The number of carbonyl (C=O) groups is 1. The fraction of sp³-hybridized carbons (Fsp3) is 0.200. The highest BCUT2D eigenvalue weighted by Crippen LogP contribution is 2.22. The summed E-state index contributed by atoms with van der Waals surface area (Å²) in [4.78, 5) is 17.8. The number of benzene rings is 3. The molecule has 4 aromatic rings. The van der Waals surface area contributed by atoms with Gasteiger partial charge in [-0.05, 0) is 66.9 Å². The molecule has 1 amide bonds. The van der Waals surface area contributed by atoms with Gasteiger partial charge in [-0.15, -0.1) is 0 Å². The minimum atomic E-state index is -3.68. The summed E-state index contributed by atoms with van der Waals surface area (Å²) in [5.74, 6) is -0.410. The van der Waals surface area contributed by atoms with Crippen molar-refractivity contribution < 1.29 is 13.2 Å². The van der Waals surface area contributed by atoms with Crippen LogP contribution in [-0.2, 0) is 23.6 Å². The first-order valence-corrected chi connectivity index (χ1v) is 12.7. The lowest BCUT2D eigenvalue weighted by molar-refractivity contribution is 0.0998. The Hall–Kier alpha value is -3.07. The van der Waals surface area contributed by atoms with E-state index in [0.29, 0.717) is 10.4 Å². The van der Waals surface area contributed by atoms with Crippen LogP contribution in [0.25, 0.3) is 10.2 Å². The van der Waals surface area contributed by atoms with Crippen LogP contribution in [0.4, 0.5) is 0 Å². The van der Waals surface area contributed by atoms with Crippen LogP contribution in [0.5, 0.6) is 0 Å². The molecule has 0 unspecified atom stereocenters. The van der Waals surface area contributed by atoms with Crippen molar-refractivity contribution in [2.45, 2.75) is 25.3 Å². The van der Waals surface area contributed by atoms with E-state index in [1.165, 1.54) is 51.0 Å². The zero-order chi connectivity index (χ0) is 23.8. The first-order valence-electron chi connectivity index (χ1n) is 10.4. The van der Waals surface area contributed by atoms with Gasteiger partial charge in [0.2, 0.25) is 10.0 Å². The van der Waals surface area contributed by atoms with Crippen LogP contribution in [-0.4, -0.2) is 30.2 Å². The SMILES string of the molecule is Cc1cc2sc(=NC(=O)c3ccc(S(=O)(=O)N(C)Cc4ccccc4)cc3)n(C)c2cc1C. The lowest BCUT2D eigenvalue weighted by atomic mass is 10.1. The van der Waals surface area contributed by atoms with Crippen LogP contribution in [0.2, 0.25) is 0 Å². The number of rotatable bonds is 5. The molecule has 0 atom stereocenters. The Balaban J connectivity index is 1.58. The second-order valence-corrected chi connectivity index (χ2v) is 11.1. The molecule has 0 fully saturated rings. The summed E-state index contributed by atoms with van der Waals surface area (Å²) in [5.41, 5.74) is 4.64. The van der Waals surface area contributed by atoms with Crippen LogP contribution >= 0.6 is 11.3 Å². The highest BCUT2D eigenvalue weighted by molar-refractivity contribution is 7.89. The van der Waals surface area contributed by atoms with Gasteiger partial charge in [0.1, 0.15) is 0 Å². The predicted molar refractivity (Wildman–Crippen MR) is 132 cm³/mol. The molecule has 0 saturated carbocycles. The summed E-state index contributed by atoms with van der Waals surface area (Å²) < 4.78 is 30.1. The number of hydrogen-bond donors (Lipinski definition) is 0. The molecule has 0 N–H and O–H groups in total. The Morgan fingerprint density at radius 2 is 1.64 bits per heavy atom. The van der Waals surface area contributed by atoms with E-state index in [9.17, 15) is 13.2 Å². The molecule has 0 aliphatic carbocycles. The van der Waals surface area contributed by atoms with Gasteiger partial charge in [-0.1, -0.05) is 41.7 Å². The zero-order valence-electron chi connectivity index (χ0n) is 18.9. The average Bonchev–Trinajstić information content (AvgIpc) is 3.09. The molecule has 0 saturated heterocycles. The summed E-state index contributed by atoms with van der Waals surface area (Å²) in [6, 6.07) is 19.5. The number of sulfonamides is 1. The van der Waals surface area contributed by atoms with E-state index in [1.54, 1.807) is 7.05 Å². The van der Waals surface area contributed by atoms with Crippen molar-refractivity contribution >= 4 is 37.5 Å². The lowest BCUT2D eigenvalue weighted by Crippen LogP contribution is -2.26. The standard InChI is InChI=1S/C25H25N3O3S2/c1-17-14-22-23(15-18(17)2)32-25(28(22)4)26-24(29)20-10-12-21(13-11-20)33(30,31)27(3)16-19-8-6-5-7-9-19/h5-15H,16H2,1-4H3. The third-order valence-corrected chi connectivity index (χ3v) is 8.59.